The Labute approximate surface area is 127 Å². The van der Waals surface area contributed by atoms with Crippen LogP contribution >= 0.6 is 12.4 Å². The molecule has 2 saturated carbocycles. The number of hydrogen-bond donors (Lipinski definition) is 1. The van der Waals surface area contributed by atoms with E-state index in [9.17, 15) is 0 Å². The van der Waals surface area contributed by atoms with E-state index in [-0.39, 0.29) is 23.4 Å². The number of nitrogens with zero attached hydrogens (tertiary/aromatic N) is 2. The van der Waals surface area contributed by atoms with Crippen LogP contribution in [0.4, 0.5) is 0 Å². The van der Waals surface area contributed by atoms with E-state index < -0.39 is 0 Å². The fourth-order valence-electron chi connectivity index (χ4n) is 3.76. The van der Waals surface area contributed by atoms with Gasteiger partial charge in [-0.1, -0.05) is 31.8 Å². The Kier molecular flexibility index (Phi) is 4.45. The van der Waals surface area contributed by atoms with Crippen LogP contribution in [0.5, 0.6) is 0 Å². The highest BCUT2D eigenvalue weighted by atomic mass is 35.5. The molecule has 0 aromatic carbocycles. The summed E-state index contributed by atoms with van der Waals surface area (Å²) in [5, 5.41) is 4.20. The third-order valence-electron chi connectivity index (χ3n) is 4.93. The van der Waals surface area contributed by atoms with Gasteiger partial charge in [0.2, 0.25) is 5.89 Å². The lowest BCUT2D eigenvalue weighted by Gasteiger charge is -2.34. The summed E-state index contributed by atoms with van der Waals surface area (Å²) in [6, 6.07) is 0. The Hall–Kier alpha value is -0.610. The van der Waals surface area contributed by atoms with Crippen molar-refractivity contribution in [2.75, 3.05) is 0 Å². The molecule has 0 radical (unpaired) electrons. The predicted molar refractivity (Wildman–Crippen MR) is 80.9 cm³/mol. The lowest BCUT2D eigenvalue weighted by molar-refractivity contribution is 0.221. The van der Waals surface area contributed by atoms with E-state index >= 15 is 0 Å². The summed E-state index contributed by atoms with van der Waals surface area (Å²) >= 11 is 0. The first-order chi connectivity index (χ1) is 9.04. The molecular weight excluding hydrogens is 274 g/mol. The van der Waals surface area contributed by atoms with Crippen molar-refractivity contribution in [2.24, 2.45) is 11.7 Å². The molecule has 2 fully saturated rings. The monoisotopic (exact) mass is 299 g/mol. The maximum atomic E-state index is 6.30. The zero-order valence-corrected chi connectivity index (χ0v) is 13.3. The molecule has 0 amide bonds. The summed E-state index contributed by atoms with van der Waals surface area (Å²) in [4.78, 5) is 4.71. The van der Waals surface area contributed by atoms with Gasteiger partial charge in [0.1, 0.15) is 0 Å². The minimum atomic E-state index is -0.306. The van der Waals surface area contributed by atoms with Crippen LogP contribution in [-0.2, 0) is 11.0 Å². The van der Waals surface area contributed by atoms with E-state index in [1.54, 1.807) is 0 Å². The lowest BCUT2D eigenvalue weighted by Crippen LogP contribution is -2.44. The second kappa shape index (κ2) is 5.64. The van der Waals surface area contributed by atoms with Crippen molar-refractivity contribution >= 4 is 12.4 Å². The van der Waals surface area contributed by atoms with Crippen LogP contribution in [-0.4, -0.2) is 10.1 Å². The molecule has 1 aromatic rings. The lowest BCUT2D eigenvalue weighted by atomic mass is 9.76. The van der Waals surface area contributed by atoms with Gasteiger partial charge in [-0.05, 0) is 44.4 Å². The van der Waals surface area contributed by atoms with Gasteiger partial charge in [-0.2, -0.15) is 4.98 Å². The van der Waals surface area contributed by atoms with Gasteiger partial charge in [0.05, 0.1) is 5.54 Å². The summed E-state index contributed by atoms with van der Waals surface area (Å²) < 4.78 is 5.63. The average molecular weight is 300 g/mol. The van der Waals surface area contributed by atoms with Crippen LogP contribution in [0.25, 0.3) is 0 Å². The Balaban J connectivity index is 0.00000147. The third kappa shape index (κ3) is 2.60. The Morgan fingerprint density at radius 3 is 2.30 bits per heavy atom. The van der Waals surface area contributed by atoms with Crippen molar-refractivity contribution < 1.29 is 4.52 Å². The van der Waals surface area contributed by atoms with Crippen molar-refractivity contribution in [3.63, 3.8) is 0 Å². The first-order valence-electron chi connectivity index (χ1n) is 7.68. The first-order valence-corrected chi connectivity index (χ1v) is 7.68. The van der Waals surface area contributed by atoms with E-state index in [1.807, 2.05) is 0 Å². The highest BCUT2D eigenvalue weighted by molar-refractivity contribution is 5.85. The highest BCUT2D eigenvalue weighted by Crippen LogP contribution is 2.46. The van der Waals surface area contributed by atoms with E-state index in [0.717, 1.165) is 31.0 Å². The molecular formula is C15H26ClN3O. The van der Waals surface area contributed by atoms with Crippen molar-refractivity contribution in [3.05, 3.63) is 11.7 Å². The smallest absolute Gasteiger partial charge is 0.232 e. The molecule has 0 unspecified atom stereocenters. The van der Waals surface area contributed by atoms with Gasteiger partial charge >= 0.3 is 0 Å². The largest absolute Gasteiger partial charge is 0.339 e. The molecule has 114 valence electrons. The van der Waals surface area contributed by atoms with Crippen LogP contribution in [0.1, 0.15) is 76.9 Å². The van der Waals surface area contributed by atoms with E-state index in [0.29, 0.717) is 5.92 Å². The van der Waals surface area contributed by atoms with Gasteiger partial charge in [0, 0.05) is 5.41 Å². The molecule has 20 heavy (non-hydrogen) atoms. The first kappa shape index (κ1) is 15.8. The van der Waals surface area contributed by atoms with Gasteiger partial charge in [-0.15, -0.1) is 12.4 Å². The minimum Gasteiger partial charge on any atom is -0.339 e. The number of rotatable bonds is 4. The summed E-state index contributed by atoms with van der Waals surface area (Å²) in [6.45, 7) is 4.54. The summed E-state index contributed by atoms with van der Waals surface area (Å²) in [6.07, 6.45) is 9.22. The van der Waals surface area contributed by atoms with E-state index in [4.69, 9.17) is 15.2 Å². The zero-order valence-electron chi connectivity index (χ0n) is 12.5. The standard InChI is InChI=1S/C15H25N3O.ClH/c1-11(2)10-14(6-3-4-7-14)13-17-12(18-19-13)15(16)8-5-9-15;/h11H,3-10,16H2,1-2H3;1H. The van der Waals surface area contributed by atoms with Crippen molar-refractivity contribution in [3.8, 4) is 0 Å². The van der Waals surface area contributed by atoms with Gasteiger partial charge < -0.3 is 10.3 Å². The molecule has 2 aliphatic rings. The number of aromatic nitrogens is 2. The molecule has 0 spiro atoms. The molecule has 0 atom stereocenters. The Morgan fingerprint density at radius 2 is 1.80 bits per heavy atom. The molecule has 3 rings (SSSR count). The SMILES string of the molecule is CC(C)CC1(c2nc(C3(N)CCC3)no2)CCCC1.Cl. The molecule has 2 N–H and O–H groups in total. The van der Waals surface area contributed by atoms with Crippen molar-refractivity contribution in [2.45, 2.75) is 76.2 Å². The Bertz CT molecular complexity index is 448. The van der Waals surface area contributed by atoms with Gasteiger partial charge in [0.25, 0.3) is 0 Å². The molecule has 0 bridgehead atoms. The van der Waals surface area contributed by atoms with Crippen LogP contribution in [0, 0.1) is 5.92 Å². The predicted octanol–water partition coefficient (Wildman–Crippen LogP) is 3.69. The molecule has 1 heterocycles. The fourth-order valence-corrected chi connectivity index (χ4v) is 3.76. The normalized spacial score (nSPS) is 23.4. The highest BCUT2D eigenvalue weighted by Gasteiger charge is 2.44. The van der Waals surface area contributed by atoms with E-state index in [2.05, 4.69) is 19.0 Å². The zero-order chi connectivity index (χ0) is 13.5. The van der Waals surface area contributed by atoms with Crippen LogP contribution in [0.3, 0.4) is 0 Å². The summed E-state index contributed by atoms with van der Waals surface area (Å²) in [5.74, 6) is 2.25. The average Bonchev–Trinajstić information content (AvgIpc) is 2.93. The number of nitrogens with two attached hydrogens (primary N) is 1. The van der Waals surface area contributed by atoms with Crippen LogP contribution in [0.15, 0.2) is 4.52 Å². The third-order valence-corrected chi connectivity index (χ3v) is 4.93. The molecule has 2 aliphatic carbocycles. The van der Waals surface area contributed by atoms with Crippen molar-refractivity contribution in [1.82, 2.24) is 10.1 Å². The number of halogens is 1. The van der Waals surface area contributed by atoms with Gasteiger partial charge in [0.15, 0.2) is 5.82 Å². The van der Waals surface area contributed by atoms with E-state index in [1.165, 1.54) is 32.1 Å². The minimum absolute atomic E-state index is 0. The second-order valence-electron chi connectivity index (χ2n) is 7.02. The molecule has 1 aromatic heterocycles. The fraction of sp³-hybridized carbons (Fsp3) is 0.867. The maximum absolute atomic E-state index is 6.30. The molecule has 0 aliphatic heterocycles. The maximum Gasteiger partial charge on any atom is 0.232 e. The van der Waals surface area contributed by atoms with Crippen molar-refractivity contribution in [1.29, 1.82) is 0 Å². The second-order valence-corrected chi connectivity index (χ2v) is 7.02. The topological polar surface area (TPSA) is 64.9 Å². The summed E-state index contributed by atoms with van der Waals surface area (Å²) in [5.41, 5.74) is 6.11. The molecule has 4 nitrogen and oxygen atoms in total. The van der Waals surface area contributed by atoms with Gasteiger partial charge in [-0.3, -0.25) is 0 Å². The molecule has 0 saturated heterocycles. The van der Waals surface area contributed by atoms with Crippen LogP contribution < -0.4 is 5.73 Å². The summed E-state index contributed by atoms with van der Waals surface area (Å²) in [7, 11) is 0. The Morgan fingerprint density at radius 1 is 1.15 bits per heavy atom. The quantitative estimate of drug-likeness (QED) is 0.921. The van der Waals surface area contributed by atoms with Gasteiger partial charge in [-0.25, -0.2) is 0 Å². The molecule has 5 heteroatoms. The number of hydrogen-bond acceptors (Lipinski definition) is 4. The van der Waals surface area contributed by atoms with Crippen LogP contribution in [0.2, 0.25) is 0 Å².